The molecule has 0 bridgehead atoms. The molecule has 1 aliphatic heterocycles. The first-order chi connectivity index (χ1) is 18.4. The third kappa shape index (κ3) is 5.47. The molecule has 0 aliphatic carbocycles. The Morgan fingerprint density at radius 3 is 2.37 bits per heavy atom. The van der Waals surface area contributed by atoms with Crippen LogP contribution < -0.4 is 10.1 Å². The van der Waals surface area contributed by atoms with Gasteiger partial charge in [-0.05, 0) is 80.3 Å². The van der Waals surface area contributed by atoms with Gasteiger partial charge in [0, 0.05) is 17.8 Å². The molecule has 5 nitrogen and oxygen atoms in total. The number of nitrogens with one attached hydrogen (secondary N) is 1. The fourth-order valence-corrected chi connectivity index (χ4v) is 4.97. The minimum atomic E-state index is -0.697. The minimum Gasteiger partial charge on any atom is -0.481 e. The predicted octanol–water partition coefficient (Wildman–Crippen LogP) is 6.50. The third-order valence-corrected chi connectivity index (χ3v) is 6.99. The van der Waals surface area contributed by atoms with E-state index in [-0.39, 0.29) is 17.9 Å². The summed E-state index contributed by atoms with van der Waals surface area (Å²) in [5, 5.41) is 2.92. The number of nitrogens with zero attached hydrogens (tertiary/aromatic N) is 1. The molecule has 4 aromatic carbocycles. The number of ether oxygens (including phenoxy) is 1. The monoisotopic (exact) mass is 504 g/mol. The summed E-state index contributed by atoms with van der Waals surface area (Å²) in [5.41, 5.74) is 6.92. The minimum absolute atomic E-state index is 0.0000729. The highest BCUT2D eigenvalue weighted by Crippen LogP contribution is 2.38. The number of hydrogen-bond donors (Lipinski definition) is 1. The van der Waals surface area contributed by atoms with E-state index in [2.05, 4.69) is 36.5 Å². The van der Waals surface area contributed by atoms with Gasteiger partial charge in [0.1, 0.15) is 5.75 Å². The van der Waals surface area contributed by atoms with Gasteiger partial charge in [-0.25, -0.2) is 0 Å². The number of carbonyl (C=O) groups excluding carboxylic acids is 2. The number of anilines is 1. The van der Waals surface area contributed by atoms with Crippen LogP contribution in [0.5, 0.6) is 5.75 Å². The van der Waals surface area contributed by atoms with Crippen molar-refractivity contribution in [1.82, 2.24) is 4.90 Å². The van der Waals surface area contributed by atoms with Crippen LogP contribution in [0.3, 0.4) is 0 Å². The zero-order chi connectivity index (χ0) is 26.6. The first-order valence-electron chi connectivity index (χ1n) is 13.0. The van der Waals surface area contributed by atoms with Gasteiger partial charge in [0.05, 0.1) is 6.04 Å². The lowest BCUT2D eigenvalue weighted by Crippen LogP contribution is -2.40. The van der Waals surface area contributed by atoms with E-state index in [1.165, 1.54) is 5.56 Å². The van der Waals surface area contributed by atoms with Crippen LogP contribution in [0.2, 0.25) is 0 Å². The Labute approximate surface area is 224 Å². The molecule has 0 fully saturated rings. The van der Waals surface area contributed by atoms with Crippen molar-refractivity contribution in [1.29, 1.82) is 0 Å². The molecule has 0 saturated heterocycles. The molecule has 0 aromatic heterocycles. The maximum absolute atomic E-state index is 13.7. The molecule has 2 atom stereocenters. The van der Waals surface area contributed by atoms with Crippen LogP contribution in [-0.4, -0.2) is 29.4 Å². The van der Waals surface area contributed by atoms with Crippen LogP contribution in [0.15, 0.2) is 97.1 Å². The van der Waals surface area contributed by atoms with Crippen molar-refractivity contribution in [3.8, 4) is 5.75 Å². The van der Waals surface area contributed by atoms with E-state index in [4.69, 9.17) is 4.74 Å². The summed E-state index contributed by atoms with van der Waals surface area (Å²) in [5.74, 6) is 0.379. The van der Waals surface area contributed by atoms with E-state index < -0.39 is 6.10 Å². The Morgan fingerprint density at radius 1 is 0.868 bits per heavy atom. The van der Waals surface area contributed by atoms with Crippen LogP contribution in [0.4, 0.5) is 5.69 Å². The van der Waals surface area contributed by atoms with Gasteiger partial charge in [0.25, 0.3) is 11.8 Å². The van der Waals surface area contributed by atoms with Gasteiger partial charge in [-0.2, -0.15) is 0 Å². The van der Waals surface area contributed by atoms with Crippen molar-refractivity contribution in [2.45, 2.75) is 39.3 Å². The largest absolute Gasteiger partial charge is 0.481 e. The van der Waals surface area contributed by atoms with Crippen LogP contribution in [-0.2, 0) is 11.2 Å². The van der Waals surface area contributed by atoms with Gasteiger partial charge in [0.15, 0.2) is 6.10 Å². The zero-order valence-corrected chi connectivity index (χ0v) is 22.0. The van der Waals surface area contributed by atoms with E-state index >= 15 is 0 Å². The number of rotatable bonds is 6. The smallest absolute Gasteiger partial charge is 0.265 e. The number of carbonyl (C=O) groups is 2. The van der Waals surface area contributed by atoms with Gasteiger partial charge in [0.2, 0.25) is 0 Å². The average Bonchev–Trinajstić information content (AvgIpc) is 2.93. The summed E-state index contributed by atoms with van der Waals surface area (Å²) in [6, 6.07) is 31.1. The molecule has 0 saturated carbocycles. The first kappa shape index (κ1) is 25.3. The van der Waals surface area contributed by atoms with Crippen molar-refractivity contribution < 1.29 is 14.3 Å². The highest BCUT2D eigenvalue weighted by atomic mass is 16.5. The number of amides is 2. The molecule has 38 heavy (non-hydrogen) atoms. The van der Waals surface area contributed by atoms with Crippen LogP contribution in [0.1, 0.15) is 51.1 Å². The number of aryl methyl sites for hydroxylation is 2. The van der Waals surface area contributed by atoms with Crippen LogP contribution >= 0.6 is 0 Å². The molecule has 0 radical (unpaired) electrons. The Bertz CT molecular complexity index is 1450. The Hall–Kier alpha value is -4.38. The molecule has 1 N–H and O–H groups in total. The van der Waals surface area contributed by atoms with Crippen LogP contribution in [0.25, 0.3) is 0 Å². The second-order valence-corrected chi connectivity index (χ2v) is 9.91. The molecule has 5 rings (SSSR count). The van der Waals surface area contributed by atoms with Crippen molar-refractivity contribution in [3.63, 3.8) is 0 Å². The highest BCUT2D eigenvalue weighted by Gasteiger charge is 2.33. The molecular weight excluding hydrogens is 472 g/mol. The number of fused-ring (bicyclic) bond motifs is 1. The Kier molecular flexibility index (Phi) is 7.27. The van der Waals surface area contributed by atoms with Gasteiger partial charge < -0.3 is 15.0 Å². The SMILES string of the molecule is Cc1ccc(NC(=O)[C@H](C)Oc2ccc3c(c2)[C@H](c2cccc(C)c2)N(C(=O)c2ccccc2)CC3)cc1. The van der Waals surface area contributed by atoms with E-state index in [1.807, 2.05) is 84.6 Å². The Morgan fingerprint density at radius 2 is 1.63 bits per heavy atom. The fourth-order valence-electron chi connectivity index (χ4n) is 4.97. The highest BCUT2D eigenvalue weighted by molar-refractivity contribution is 5.95. The molecule has 4 aromatic rings. The van der Waals surface area contributed by atoms with E-state index in [0.717, 1.165) is 34.4 Å². The lowest BCUT2D eigenvalue weighted by Gasteiger charge is -2.38. The lowest BCUT2D eigenvalue weighted by atomic mass is 9.87. The number of hydrogen-bond acceptors (Lipinski definition) is 3. The van der Waals surface area contributed by atoms with Crippen molar-refractivity contribution >= 4 is 17.5 Å². The third-order valence-electron chi connectivity index (χ3n) is 6.99. The molecule has 5 heteroatoms. The average molecular weight is 505 g/mol. The summed E-state index contributed by atoms with van der Waals surface area (Å²) in [6.07, 6.45) is 0.0531. The van der Waals surface area contributed by atoms with E-state index in [9.17, 15) is 9.59 Å². The van der Waals surface area contributed by atoms with Gasteiger partial charge in [-0.3, -0.25) is 9.59 Å². The summed E-state index contributed by atoms with van der Waals surface area (Å²) in [6.45, 7) is 6.43. The molecular formula is C33H32N2O3. The van der Waals surface area contributed by atoms with Crippen molar-refractivity contribution in [2.75, 3.05) is 11.9 Å². The van der Waals surface area contributed by atoms with E-state index in [1.54, 1.807) is 6.92 Å². The molecule has 1 heterocycles. The summed E-state index contributed by atoms with van der Waals surface area (Å²) >= 11 is 0. The molecule has 1 aliphatic rings. The fraction of sp³-hybridized carbons (Fsp3) is 0.212. The Balaban J connectivity index is 1.44. The maximum atomic E-state index is 13.7. The van der Waals surface area contributed by atoms with Gasteiger partial charge >= 0.3 is 0 Å². The normalized spacial score (nSPS) is 15.3. The van der Waals surface area contributed by atoms with Gasteiger partial charge in [-0.1, -0.05) is 71.8 Å². The quantitative estimate of drug-likeness (QED) is 0.326. The second-order valence-electron chi connectivity index (χ2n) is 9.91. The molecule has 0 unspecified atom stereocenters. The maximum Gasteiger partial charge on any atom is 0.265 e. The predicted molar refractivity (Wildman–Crippen MR) is 151 cm³/mol. The van der Waals surface area contributed by atoms with Gasteiger partial charge in [-0.15, -0.1) is 0 Å². The van der Waals surface area contributed by atoms with Crippen molar-refractivity contribution in [3.05, 3.63) is 130 Å². The first-order valence-corrected chi connectivity index (χ1v) is 13.0. The van der Waals surface area contributed by atoms with Crippen molar-refractivity contribution in [2.24, 2.45) is 0 Å². The van der Waals surface area contributed by atoms with E-state index in [0.29, 0.717) is 17.9 Å². The topological polar surface area (TPSA) is 58.6 Å². The van der Waals surface area contributed by atoms with Crippen LogP contribution in [0, 0.1) is 13.8 Å². The standard InChI is InChI=1S/C33H32N2O3/c1-22-12-15-28(16-13-22)34-32(36)24(3)38-29-17-14-25-18-19-35(33(37)26-9-5-4-6-10-26)31(30(25)21-29)27-11-7-8-23(2)20-27/h4-17,20-21,24,31H,18-19H2,1-3H3,(H,34,36)/t24-,31-/m0/s1. The lowest BCUT2D eigenvalue weighted by molar-refractivity contribution is -0.122. The summed E-state index contributed by atoms with van der Waals surface area (Å²) in [7, 11) is 0. The number of benzene rings is 4. The summed E-state index contributed by atoms with van der Waals surface area (Å²) < 4.78 is 6.11. The molecule has 192 valence electrons. The summed E-state index contributed by atoms with van der Waals surface area (Å²) in [4.78, 5) is 28.4. The second kappa shape index (κ2) is 10.9. The molecule has 2 amide bonds. The zero-order valence-electron chi connectivity index (χ0n) is 22.0. The molecule has 0 spiro atoms.